The van der Waals surface area contributed by atoms with Crippen LogP contribution in [0.3, 0.4) is 0 Å². The second-order valence-corrected chi connectivity index (χ2v) is 6.21. The van der Waals surface area contributed by atoms with Gasteiger partial charge in [0.25, 0.3) is 11.6 Å². The minimum Gasteiger partial charge on any atom is -0.301 e. The van der Waals surface area contributed by atoms with E-state index in [0.717, 1.165) is 21.8 Å². The first kappa shape index (κ1) is 17.4. The molecule has 0 spiro atoms. The molecule has 4 aromatic rings. The van der Waals surface area contributed by atoms with Crippen molar-refractivity contribution in [1.29, 1.82) is 0 Å². The third kappa shape index (κ3) is 3.21. The summed E-state index contributed by atoms with van der Waals surface area (Å²) in [5, 5.41) is 16.8. The maximum Gasteiger partial charge on any atom is 0.269 e. The van der Waals surface area contributed by atoms with Crippen LogP contribution in [0.1, 0.15) is 10.4 Å². The topological polar surface area (TPSA) is 89.5 Å². The molecule has 0 saturated carbocycles. The minimum absolute atomic E-state index is 0.0200. The highest BCUT2D eigenvalue weighted by molar-refractivity contribution is 6.13. The number of non-ortho nitro benzene ring substituents is 1. The molecular formula is C21H16N4O3. The quantitative estimate of drug-likeness (QED) is 0.326. The van der Waals surface area contributed by atoms with Gasteiger partial charge in [0.1, 0.15) is 6.54 Å². The van der Waals surface area contributed by atoms with Crippen LogP contribution in [0.15, 0.2) is 77.9 Å². The molecule has 7 nitrogen and oxygen atoms in total. The van der Waals surface area contributed by atoms with Crippen molar-refractivity contribution in [3.8, 4) is 0 Å². The summed E-state index contributed by atoms with van der Waals surface area (Å²) in [5.74, 6) is -0.127. The summed E-state index contributed by atoms with van der Waals surface area (Å²) in [7, 11) is 0. The Kier molecular flexibility index (Phi) is 4.55. The van der Waals surface area contributed by atoms with E-state index in [9.17, 15) is 14.9 Å². The highest BCUT2D eigenvalue weighted by atomic mass is 16.6. The van der Waals surface area contributed by atoms with Crippen molar-refractivity contribution in [2.75, 3.05) is 6.54 Å². The predicted octanol–water partition coefficient (Wildman–Crippen LogP) is 3.97. The normalized spacial score (nSPS) is 11.3. The molecule has 1 heterocycles. The van der Waals surface area contributed by atoms with E-state index in [0.29, 0.717) is 5.56 Å². The molecule has 0 radical (unpaired) electrons. The van der Waals surface area contributed by atoms with E-state index < -0.39 is 4.92 Å². The molecule has 28 heavy (non-hydrogen) atoms. The average molecular weight is 372 g/mol. The first-order chi connectivity index (χ1) is 13.6. The molecule has 0 aliphatic carbocycles. The Morgan fingerprint density at radius 1 is 0.964 bits per heavy atom. The van der Waals surface area contributed by atoms with Crippen LogP contribution in [0.5, 0.6) is 0 Å². The van der Waals surface area contributed by atoms with Gasteiger partial charge < -0.3 is 5.43 Å². The Labute approximate surface area is 160 Å². The van der Waals surface area contributed by atoms with Crippen LogP contribution in [0, 0.1) is 10.1 Å². The van der Waals surface area contributed by atoms with Crippen LogP contribution in [0.2, 0.25) is 0 Å². The van der Waals surface area contributed by atoms with Crippen molar-refractivity contribution in [2.45, 2.75) is 0 Å². The highest BCUT2D eigenvalue weighted by Crippen LogP contribution is 2.28. The molecule has 0 aliphatic rings. The maximum absolute atomic E-state index is 12.8. The van der Waals surface area contributed by atoms with Gasteiger partial charge in [-0.2, -0.15) is 5.10 Å². The van der Waals surface area contributed by atoms with Crippen LogP contribution in [-0.4, -0.2) is 28.2 Å². The second kappa shape index (κ2) is 7.32. The third-order valence-electron chi connectivity index (χ3n) is 4.47. The summed E-state index contributed by atoms with van der Waals surface area (Å²) in [6, 6.07) is 21.6. The molecular weight excluding hydrogens is 356 g/mol. The maximum atomic E-state index is 12.8. The Balaban J connectivity index is 1.52. The van der Waals surface area contributed by atoms with Gasteiger partial charge in [-0.15, -0.1) is 0 Å². The lowest BCUT2D eigenvalue weighted by atomic mass is 10.2. The van der Waals surface area contributed by atoms with Crippen LogP contribution in [0.4, 0.5) is 5.69 Å². The zero-order valence-corrected chi connectivity index (χ0v) is 14.8. The Bertz CT molecular complexity index is 1160. The number of nitrogens with zero attached hydrogens (tertiary/aromatic N) is 3. The molecule has 0 amide bonds. The van der Waals surface area contributed by atoms with Crippen LogP contribution < -0.4 is 5.43 Å². The lowest BCUT2D eigenvalue weighted by molar-refractivity contribution is -0.384. The van der Waals surface area contributed by atoms with E-state index >= 15 is 0 Å². The number of nitrogens with one attached hydrogen (secondary N) is 1. The monoisotopic (exact) mass is 372 g/mol. The summed E-state index contributed by atoms with van der Waals surface area (Å²) in [6.45, 7) is 0.0200. The number of nitro benzene ring substituents is 1. The summed E-state index contributed by atoms with van der Waals surface area (Å²) < 4.78 is 1.69. The van der Waals surface area contributed by atoms with E-state index in [4.69, 9.17) is 0 Å². The summed E-state index contributed by atoms with van der Waals surface area (Å²) in [4.78, 5) is 23.0. The van der Waals surface area contributed by atoms with Crippen LogP contribution in [0.25, 0.3) is 21.8 Å². The number of aromatic nitrogens is 1. The standard InChI is InChI=1S/C21H16N4O3/c26-21(14-23-22-13-15-9-11-16(12-10-15)25(27)28)24-19-7-3-1-5-17(19)18-6-2-4-8-20(18)24/h1-13,23H,14H2/b22-13+. The summed E-state index contributed by atoms with van der Waals surface area (Å²) >= 11 is 0. The molecule has 3 aromatic carbocycles. The zero-order valence-electron chi connectivity index (χ0n) is 14.8. The van der Waals surface area contributed by atoms with E-state index in [2.05, 4.69) is 10.5 Å². The fourth-order valence-electron chi connectivity index (χ4n) is 3.19. The number of benzene rings is 3. The molecule has 0 unspecified atom stereocenters. The second-order valence-electron chi connectivity index (χ2n) is 6.21. The number of rotatable bonds is 5. The number of hydrogen-bond donors (Lipinski definition) is 1. The van der Waals surface area contributed by atoms with Crippen molar-refractivity contribution >= 4 is 39.6 Å². The van der Waals surface area contributed by atoms with Gasteiger partial charge in [-0.05, 0) is 29.8 Å². The molecule has 0 bridgehead atoms. The zero-order chi connectivity index (χ0) is 19.5. The SMILES string of the molecule is O=C(CN/N=C/c1ccc([N+](=O)[O-])cc1)n1c2ccccc2c2ccccc21. The first-order valence-electron chi connectivity index (χ1n) is 8.67. The highest BCUT2D eigenvalue weighted by Gasteiger charge is 2.14. The number of carbonyl (C=O) groups is 1. The van der Waals surface area contributed by atoms with Gasteiger partial charge in [0.15, 0.2) is 0 Å². The Hall–Kier alpha value is -4.00. The fourth-order valence-corrected chi connectivity index (χ4v) is 3.19. The average Bonchev–Trinajstić information content (AvgIpc) is 3.06. The molecule has 138 valence electrons. The van der Waals surface area contributed by atoms with E-state index in [1.165, 1.54) is 18.3 Å². The molecule has 0 fully saturated rings. The molecule has 7 heteroatoms. The van der Waals surface area contributed by atoms with E-state index in [1.54, 1.807) is 16.7 Å². The van der Waals surface area contributed by atoms with E-state index in [1.807, 2.05) is 48.5 Å². The molecule has 1 aromatic heterocycles. The molecule has 0 atom stereocenters. The van der Waals surface area contributed by atoms with E-state index in [-0.39, 0.29) is 18.1 Å². The van der Waals surface area contributed by atoms with Gasteiger partial charge >= 0.3 is 0 Å². The van der Waals surface area contributed by atoms with Crippen molar-refractivity contribution in [1.82, 2.24) is 9.99 Å². The lowest BCUT2D eigenvalue weighted by Crippen LogP contribution is -2.23. The number of nitro groups is 1. The van der Waals surface area contributed by atoms with Gasteiger partial charge in [0.05, 0.1) is 22.2 Å². The number of carbonyl (C=O) groups excluding carboxylic acids is 1. The van der Waals surface area contributed by atoms with Crippen molar-refractivity contribution in [3.05, 3.63) is 88.5 Å². The number of fused-ring (bicyclic) bond motifs is 3. The Morgan fingerprint density at radius 2 is 1.54 bits per heavy atom. The molecule has 0 saturated heterocycles. The van der Waals surface area contributed by atoms with Crippen molar-refractivity contribution in [3.63, 3.8) is 0 Å². The Morgan fingerprint density at radius 3 is 2.11 bits per heavy atom. The largest absolute Gasteiger partial charge is 0.301 e. The van der Waals surface area contributed by atoms with Gasteiger partial charge in [-0.3, -0.25) is 19.5 Å². The summed E-state index contributed by atoms with van der Waals surface area (Å²) in [5.41, 5.74) is 5.18. The van der Waals surface area contributed by atoms with Gasteiger partial charge in [0, 0.05) is 22.9 Å². The number of hydrogen-bond acceptors (Lipinski definition) is 5. The van der Waals surface area contributed by atoms with Crippen molar-refractivity contribution in [2.24, 2.45) is 5.10 Å². The van der Waals surface area contributed by atoms with Gasteiger partial charge in [0.2, 0.25) is 0 Å². The van der Waals surface area contributed by atoms with Crippen LogP contribution >= 0.6 is 0 Å². The van der Waals surface area contributed by atoms with Gasteiger partial charge in [-0.25, -0.2) is 0 Å². The fraction of sp³-hybridized carbons (Fsp3) is 0.0476. The van der Waals surface area contributed by atoms with Crippen LogP contribution in [-0.2, 0) is 0 Å². The minimum atomic E-state index is -0.455. The third-order valence-corrected chi connectivity index (χ3v) is 4.47. The van der Waals surface area contributed by atoms with Gasteiger partial charge in [-0.1, -0.05) is 36.4 Å². The first-order valence-corrected chi connectivity index (χ1v) is 8.67. The number of para-hydroxylation sites is 2. The summed E-state index contributed by atoms with van der Waals surface area (Å²) in [6.07, 6.45) is 1.52. The lowest BCUT2D eigenvalue weighted by Gasteiger charge is -2.05. The molecule has 0 aliphatic heterocycles. The molecule has 1 N–H and O–H groups in total. The predicted molar refractivity (Wildman–Crippen MR) is 109 cm³/mol. The molecule has 4 rings (SSSR count). The number of hydrazone groups is 1. The van der Waals surface area contributed by atoms with Crippen molar-refractivity contribution < 1.29 is 9.72 Å². The smallest absolute Gasteiger partial charge is 0.269 e.